The molecule has 0 spiro atoms. The van der Waals surface area contributed by atoms with Crippen molar-refractivity contribution < 1.29 is 4.79 Å². The molecule has 2 rings (SSSR count). The highest BCUT2D eigenvalue weighted by atomic mass is 35.5. The quantitative estimate of drug-likeness (QED) is 0.803. The zero-order valence-corrected chi connectivity index (χ0v) is 12.5. The molecule has 0 aliphatic heterocycles. The maximum atomic E-state index is 11.9. The number of hydrogen-bond donors (Lipinski definition) is 2. The summed E-state index contributed by atoms with van der Waals surface area (Å²) in [4.78, 5) is 11.9. The SMILES string of the molecule is CCNCCNC(=O)Cc1cccc2ccccc12.Cl. The molecule has 1 amide bonds. The molecule has 108 valence electrons. The van der Waals surface area contributed by atoms with E-state index in [0.717, 1.165) is 24.0 Å². The highest BCUT2D eigenvalue weighted by molar-refractivity contribution is 5.90. The lowest BCUT2D eigenvalue weighted by Gasteiger charge is -2.08. The summed E-state index contributed by atoms with van der Waals surface area (Å²) in [6.45, 7) is 4.48. The molecule has 2 aromatic carbocycles. The second kappa shape index (κ2) is 8.56. The number of carbonyl (C=O) groups is 1. The molecule has 0 aliphatic carbocycles. The predicted octanol–water partition coefficient (Wildman–Crippen LogP) is 2.53. The second-order valence-electron chi connectivity index (χ2n) is 4.52. The summed E-state index contributed by atoms with van der Waals surface area (Å²) >= 11 is 0. The molecule has 0 radical (unpaired) electrons. The fraction of sp³-hybridized carbons (Fsp3) is 0.312. The monoisotopic (exact) mass is 292 g/mol. The first-order chi connectivity index (χ1) is 9.31. The molecule has 4 heteroatoms. The number of fused-ring (bicyclic) bond motifs is 1. The Kier molecular flexibility index (Phi) is 7.05. The average molecular weight is 293 g/mol. The van der Waals surface area contributed by atoms with Crippen LogP contribution < -0.4 is 10.6 Å². The van der Waals surface area contributed by atoms with Crippen molar-refractivity contribution in [2.24, 2.45) is 0 Å². The number of benzene rings is 2. The van der Waals surface area contributed by atoms with Gasteiger partial charge in [-0.2, -0.15) is 0 Å². The van der Waals surface area contributed by atoms with Gasteiger partial charge >= 0.3 is 0 Å². The molecule has 0 fully saturated rings. The van der Waals surface area contributed by atoms with Gasteiger partial charge in [0, 0.05) is 13.1 Å². The predicted molar refractivity (Wildman–Crippen MR) is 86.5 cm³/mol. The van der Waals surface area contributed by atoms with Crippen LogP contribution in [0.3, 0.4) is 0 Å². The average Bonchev–Trinajstić information content (AvgIpc) is 2.44. The maximum Gasteiger partial charge on any atom is 0.224 e. The summed E-state index contributed by atoms with van der Waals surface area (Å²) in [5.41, 5.74) is 1.08. The molecule has 2 aromatic rings. The van der Waals surface area contributed by atoms with E-state index in [1.54, 1.807) is 0 Å². The van der Waals surface area contributed by atoms with E-state index < -0.39 is 0 Å². The zero-order chi connectivity index (χ0) is 13.5. The fourth-order valence-corrected chi connectivity index (χ4v) is 2.15. The zero-order valence-electron chi connectivity index (χ0n) is 11.7. The van der Waals surface area contributed by atoms with Crippen LogP contribution in [-0.2, 0) is 11.2 Å². The Morgan fingerprint density at radius 3 is 2.60 bits per heavy atom. The van der Waals surface area contributed by atoms with Gasteiger partial charge in [-0.3, -0.25) is 4.79 Å². The van der Waals surface area contributed by atoms with Crippen molar-refractivity contribution in [1.82, 2.24) is 10.6 Å². The summed E-state index contributed by atoms with van der Waals surface area (Å²) in [7, 11) is 0. The Hall–Kier alpha value is -1.58. The fourth-order valence-electron chi connectivity index (χ4n) is 2.15. The van der Waals surface area contributed by atoms with Gasteiger partial charge in [0.25, 0.3) is 0 Å². The Labute approximate surface area is 126 Å². The first kappa shape index (κ1) is 16.5. The van der Waals surface area contributed by atoms with Crippen LogP contribution in [0.4, 0.5) is 0 Å². The molecule has 0 atom stereocenters. The summed E-state index contributed by atoms with van der Waals surface area (Å²) in [5, 5.41) is 8.45. The van der Waals surface area contributed by atoms with Gasteiger partial charge < -0.3 is 10.6 Å². The van der Waals surface area contributed by atoms with E-state index in [1.807, 2.05) is 24.3 Å². The van der Waals surface area contributed by atoms with Crippen LogP contribution in [0.2, 0.25) is 0 Å². The topological polar surface area (TPSA) is 41.1 Å². The van der Waals surface area contributed by atoms with Crippen molar-refractivity contribution in [3.05, 3.63) is 48.0 Å². The van der Waals surface area contributed by atoms with E-state index in [0.29, 0.717) is 13.0 Å². The lowest BCUT2D eigenvalue weighted by molar-refractivity contribution is -0.120. The Bertz CT molecular complexity index is 552. The van der Waals surface area contributed by atoms with E-state index in [2.05, 4.69) is 35.8 Å². The third-order valence-electron chi connectivity index (χ3n) is 3.10. The number of amides is 1. The van der Waals surface area contributed by atoms with Crippen molar-refractivity contribution in [3.8, 4) is 0 Å². The van der Waals surface area contributed by atoms with Crippen molar-refractivity contribution >= 4 is 29.1 Å². The Morgan fingerprint density at radius 1 is 1.05 bits per heavy atom. The summed E-state index contributed by atoms with van der Waals surface area (Å²) in [6.07, 6.45) is 0.438. The molecule has 0 saturated carbocycles. The third kappa shape index (κ3) is 4.51. The van der Waals surface area contributed by atoms with E-state index in [9.17, 15) is 4.79 Å². The molecule has 0 heterocycles. The molecule has 0 saturated heterocycles. The number of rotatable bonds is 6. The van der Waals surface area contributed by atoms with E-state index >= 15 is 0 Å². The van der Waals surface area contributed by atoms with E-state index in [4.69, 9.17) is 0 Å². The standard InChI is InChI=1S/C16H20N2O.ClH/c1-2-17-10-11-18-16(19)12-14-8-5-7-13-6-3-4-9-15(13)14;/h3-9,17H,2,10-12H2,1H3,(H,18,19);1H. The van der Waals surface area contributed by atoms with Crippen molar-refractivity contribution in [2.75, 3.05) is 19.6 Å². The van der Waals surface area contributed by atoms with Crippen molar-refractivity contribution in [1.29, 1.82) is 0 Å². The normalized spacial score (nSPS) is 10.1. The van der Waals surface area contributed by atoms with E-state index in [-0.39, 0.29) is 18.3 Å². The second-order valence-corrected chi connectivity index (χ2v) is 4.52. The summed E-state index contributed by atoms with van der Waals surface area (Å²) < 4.78 is 0. The molecule has 0 aliphatic rings. The minimum absolute atomic E-state index is 0. The first-order valence-electron chi connectivity index (χ1n) is 6.75. The highest BCUT2D eigenvalue weighted by Gasteiger charge is 2.05. The third-order valence-corrected chi connectivity index (χ3v) is 3.10. The van der Waals surface area contributed by atoms with Crippen LogP contribution in [0.25, 0.3) is 10.8 Å². The van der Waals surface area contributed by atoms with Crippen molar-refractivity contribution in [2.45, 2.75) is 13.3 Å². The smallest absolute Gasteiger partial charge is 0.224 e. The molecule has 0 bridgehead atoms. The van der Waals surface area contributed by atoms with Crippen LogP contribution in [0, 0.1) is 0 Å². The number of hydrogen-bond acceptors (Lipinski definition) is 2. The lowest BCUT2D eigenvalue weighted by Crippen LogP contribution is -2.32. The van der Waals surface area contributed by atoms with Gasteiger partial charge in [0.15, 0.2) is 0 Å². The first-order valence-corrected chi connectivity index (χ1v) is 6.75. The van der Waals surface area contributed by atoms with Crippen LogP contribution >= 0.6 is 12.4 Å². The van der Waals surface area contributed by atoms with Crippen molar-refractivity contribution in [3.63, 3.8) is 0 Å². The van der Waals surface area contributed by atoms with Gasteiger partial charge in [0.2, 0.25) is 5.91 Å². The molecule has 2 N–H and O–H groups in total. The van der Waals surface area contributed by atoms with Crippen LogP contribution in [0.5, 0.6) is 0 Å². The Balaban J connectivity index is 0.00000200. The minimum Gasteiger partial charge on any atom is -0.355 e. The van der Waals surface area contributed by atoms with Crippen LogP contribution in [0.1, 0.15) is 12.5 Å². The number of likely N-dealkylation sites (N-methyl/N-ethyl adjacent to an activating group) is 1. The number of halogens is 1. The van der Waals surface area contributed by atoms with E-state index in [1.165, 1.54) is 5.39 Å². The van der Waals surface area contributed by atoms with Gasteiger partial charge in [-0.1, -0.05) is 49.4 Å². The van der Waals surface area contributed by atoms with Crippen LogP contribution in [-0.4, -0.2) is 25.5 Å². The molecular weight excluding hydrogens is 272 g/mol. The molecule has 20 heavy (non-hydrogen) atoms. The largest absolute Gasteiger partial charge is 0.355 e. The highest BCUT2D eigenvalue weighted by Crippen LogP contribution is 2.18. The maximum absolute atomic E-state index is 11.9. The minimum atomic E-state index is 0. The lowest BCUT2D eigenvalue weighted by atomic mass is 10.0. The Morgan fingerprint density at radius 2 is 1.80 bits per heavy atom. The van der Waals surface area contributed by atoms with Gasteiger partial charge in [-0.05, 0) is 22.9 Å². The molecule has 0 aromatic heterocycles. The molecule has 0 unspecified atom stereocenters. The summed E-state index contributed by atoms with van der Waals surface area (Å²) in [6, 6.07) is 14.3. The van der Waals surface area contributed by atoms with Gasteiger partial charge in [-0.15, -0.1) is 12.4 Å². The molecular formula is C16H21ClN2O. The summed E-state index contributed by atoms with van der Waals surface area (Å²) in [5.74, 6) is 0.0780. The van der Waals surface area contributed by atoms with Gasteiger partial charge in [0.1, 0.15) is 0 Å². The van der Waals surface area contributed by atoms with Gasteiger partial charge in [-0.25, -0.2) is 0 Å². The van der Waals surface area contributed by atoms with Gasteiger partial charge in [0.05, 0.1) is 6.42 Å². The number of carbonyl (C=O) groups excluding carboxylic acids is 1. The van der Waals surface area contributed by atoms with Crippen LogP contribution in [0.15, 0.2) is 42.5 Å². The number of nitrogens with one attached hydrogen (secondary N) is 2. The molecule has 3 nitrogen and oxygen atoms in total.